The van der Waals surface area contributed by atoms with Crippen LogP contribution in [0.4, 0.5) is 0 Å². The Balaban J connectivity index is 1.50. The smallest absolute Gasteiger partial charge is 0.157 e. The SMILES string of the molecule is CCOC1CC(N=C2NC3(CCCC3)CS2)C1. The average molecular weight is 254 g/mol. The summed E-state index contributed by atoms with van der Waals surface area (Å²) in [4.78, 5) is 4.82. The fourth-order valence-corrected chi connectivity index (χ4v) is 4.36. The molecule has 0 amide bonds. The molecule has 0 radical (unpaired) electrons. The molecule has 0 atom stereocenters. The molecule has 1 N–H and O–H groups in total. The van der Waals surface area contributed by atoms with Crippen LogP contribution in [-0.2, 0) is 4.74 Å². The van der Waals surface area contributed by atoms with Gasteiger partial charge in [-0.1, -0.05) is 24.6 Å². The summed E-state index contributed by atoms with van der Waals surface area (Å²) in [6, 6.07) is 0.512. The molecule has 0 unspecified atom stereocenters. The van der Waals surface area contributed by atoms with Crippen molar-refractivity contribution in [2.75, 3.05) is 12.4 Å². The van der Waals surface area contributed by atoms with Crippen molar-refractivity contribution in [2.45, 2.75) is 63.1 Å². The van der Waals surface area contributed by atoms with E-state index in [4.69, 9.17) is 9.73 Å². The molecule has 17 heavy (non-hydrogen) atoms. The highest BCUT2D eigenvalue weighted by molar-refractivity contribution is 8.14. The Labute approximate surface area is 108 Å². The quantitative estimate of drug-likeness (QED) is 0.840. The van der Waals surface area contributed by atoms with Crippen LogP contribution in [0.25, 0.3) is 0 Å². The molecule has 96 valence electrons. The molecule has 0 aromatic carbocycles. The summed E-state index contributed by atoms with van der Waals surface area (Å²) >= 11 is 1.93. The molecule has 0 aromatic heterocycles. The van der Waals surface area contributed by atoms with Crippen LogP contribution in [0, 0.1) is 0 Å². The molecule has 0 bridgehead atoms. The zero-order chi connectivity index (χ0) is 11.7. The molecule has 4 heteroatoms. The van der Waals surface area contributed by atoms with Crippen molar-refractivity contribution in [3.05, 3.63) is 0 Å². The first-order valence-electron chi connectivity index (χ1n) is 6.90. The predicted octanol–water partition coefficient (Wildman–Crippen LogP) is 2.56. The number of nitrogens with zero attached hydrogens (tertiary/aromatic N) is 1. The van der Waals surface area contributed by atoms with Crippen LogP contribution < -0.4 is 5.32 Å². The summed E-state index contributed by atoms with van der Waals surface area (Å²) < 4.78 is 5.57. The minimum absolute atomic E-state index is 0.409. The van der Waals surface area contributed by atoms with E-state index in [-0.39, 0.29) is 0 Å². The summed E-state index contributed by atoms with van der Waals surface area (Å²) in [7, 11) is 0. The van der Waals surface area contributed by atoms with Gasteiger partial charge in [-0.2, -0.15) is 0 Å². The maximum absolute atomic E-state index is 5.57. The van der Waals surface area contributed by atoms with Crippen LogP contribution in [0.5, 0.6) is 0 Å². The summed E-state index contributed by atoms with van der Waals surface area (Å²) in [6.07, 6.45) is 8.16. The Kier molecular flexibility index (Phi) is 3.35. The number of nitrogens with one attached hydrogen (secondary N) is 1. The maximum atomic E-state index is 5.57. The Hall–Kier alpha value is -0.220. The number of thioether (sulfide) groups is 1. The average Bonchev–Trinajstić information content (AvgIpc) is 2.87. The number of rotatable bonds is 3. The molecular weight excluding hydrogens is 232 g/mol. The zero-order valence-corrected chi connectivity index (χ0v) is 11.4. The van der Waals surface area contributed by atoms with E-state index < -0.39 is 0 Å². The first kappa shape index (κ1) is 11.8. The molecule has 3 fully saturated rings. The first-order chi connectivity index (χ1) is 8.30. The van der Waals surface area contributed by atoms with Crippen molar-refractivity contribution in [2.24, 2.45) is 4.99 Å². The fourth-order valence-electron chi connectivity index (χ4n) is 3.08. The Morgan fingerprint density at radius 1 is 1.41 bits per heavy atom. The summed E-state index contributed by atoms with van der Waals surface area (Å²) in [5, 5.41) is 4.89. The lowest BCUT2D eigenvalue weighted by atomic mass is 9.90. The Bertz CT molecular complexity index is 307. The van der Waals surface area contributed by atoms with E-state index in [9.17, 15) is 0 Å². The monoisotopic (exact) mass is 254 g/mol. The van der Waals surface area contributed by atoms with Crippen LogP contribution >= 0.6 is 11.8 Å². The van der Waals surface area contributed by atoms with E-state index in [1.165, 1.54) is 36.6 Å². The molecular formula is C13H22N2OS. The first-order valence-corrected chi connectivity index (χ1v) is 7.89. The molecule has 1 heterocycles. The highest BCUT2D eigenvalue weighted by Crippen LogP contribution is 2.38. The van der Waals surface area contributed by atoms with E-state index in [1.807, 2.05) is 11.8 Å². The molecule has 2 saturated carbocycles. The van der Waals surface area contributed by atoms with Crippen molar-refractivity contribution >= 4 is 16.9 Å². The molecule has 0 aromatic rings. The predicted molar refractivity (Wildman–Crippen MR) is 72.7 cm³/mol. The second-order valence-corrected chi connectivity index (χ2v) is 6.50. The van der Waals surface area contributed by atoms with Gasteiger partial charge in [0.1, 0.15) is 0 Å². The number of ether oxygens (including phenoxy) is 1. The third-order valence-electron chi connectivity index (χ3n) is 4.19. The van der Waals surface area contributed by atoms with Gasteiger partial charge in [0.05, 0.1) is 12.1 Å². The number of hydrogen-bond acceptors (Lipinski definition) is 3. The van der Waals surface area contributed by atoms with Gasteiger partial charge in [-0.25, -0.2) is 0 Å². The van der Waals surface area contributed by atoms with E-state index in [0.29, 0.717) is 17.7 Å². The van der Waals surface area contributed by atoms with Gasteiger partial charge in [-0.3, -0.25) is 4.99 Å². The number of hydrogen-bond donors (Lipinski definition) is 1. The van der Waals surface area contributed by atoms with Gasteiger partial charge in [0.2, 0.25) is 0 Å². The highest BCUT2D eigenvalue weighted by Gasteiger charge is 2.40. The minimum Gasteiger partial charge on any atom is -0.378 e. The third-order valence-corrected chi connectivity index (χ3v) is 5.37. The van der Waals surface area contributed by atoms with Crippen LogP contribution in [-0.4, -0.2) is 35.2 Å². The van der Waals surface area contributed by atoms with Gasteiger partial charge in [-0.05, 0) is 32.6 Å². The lowest BCUT2D eigenvalue weighted by Gasteiger charge is -2.32. The fraction of sp³-hybridized carbons (Fsp3) is 0.923. The summed E-state index contributed by atoms with van der Waals surface area (Å²) in [5.41, 5.74) is 0.409. The van der Waals surface area contributed by atoms with Crippen LogP contribution in [0.3, 0.4) is 0 Å². The highest BCUT2D eigenvalue weighted by atomic mass is 32.2. The van der Waals surface area contributed by atoms with E-state index >= 15 is 0 Å². The summed E-state index contributed by atoms with van der Waals surface area (Å²) in [5.74, 6) is 1.23. The van der Waals surface area contributed by atoms with E-state index in [1.54, 1.807) is 0 Å². The van der Waals surface area contributed by atoms with Gasteiger partial charge in [0, 0.05) is 17.9 Å². The second kappa shape index (κ2) is 4.81. The Morgan fingerprint density at radius 3 is 2.88 bits per heavy atom. The summed E-state index contributed by atoms with van der Waals surface area (Å²) in [6.45, 7) is 2.90. The van der Waals surface area contributed by atoms with Gasteiger partial charge in [-0.15, -0.1) is 0 Å². The normalized spacial score (nSPS) is 37.4. The van der Waals surface area contributed by atoms with Crippen LogP contribution in [0.2, 0.25) is 0 Å². The molecule has 3 nitrogen and oxygen atoms in total. The number of amidine groups is 1. The van der Waals surface area contributed by atoms with Gasteiger partial charge in [0.25, 0.3) is 0 Å². The second-order valence-electron chi connectivity index (χ2n) is 5.54. The van der Waals surface area contributed by atoms with Crippen molar-refractivity contribution in [3.63, 3.8) is 0 Å². The number of aliphatic imine (C=N–C) groups is 1. The zero-order valence-electron chi connectivity index (χ0n) is 10.6. The van der Waals surface area contributed by atoms with Crippen molar-refractivity contribution in [3.8, 4) is 0 Å². The molecule has 2 aliphatic carbocycles. The molecule has 1 spiro atoms. The largest absolute Gasteiger partial charge is 0.378 e. The lowest BCUT2D eigenvalue weighted by molar-refractivity contribution is -0.000689. The van der Waals surface area contributed by atoms with E-state index in [0.717, 1.165) is 19.4 Å². The van der Waals surface area contributed by atoms with Crippen LogP contribution in [0.15, 0.2) is 4.99 Å². The van der Waals surface area contributed by atoms with Crippen molar-refractivity contribution in [1.29, 1.82) is 0 Å². The van der Waals surface area contributed by atoms with Gasteiger partial charge in [0.15, 0.2) is 5.17 Å². The van der Waals surface area contributed by atoms with E-state index in [2.05, 4.69) is 12.2 Å². The lowest BCUT2D eigenvalue weighted by Crippen LogP contribution is -2.42. The van der Waals surface area contributed by atoms with Gasteiger partial charge >= 0.3 is 0 Å². The maximum Gasteiger partial charge on any atom is 0.157 e. The molecule has 1 saturated heterocycles. The topological polar surface area (TPSA) is 33.6 Å². The van der Waals surface area contributed by atoms with Crippen molar-refractivity contribution in [1.82, 2.24) is 5.32 Å². The molecule has 1 aliphatic heterocycles. The van der Waals surface area contributed by atoms with Crippen LogP contribution in [0.1, 0.15) is 45.4 Å². The minimum atomic E-state index is 0.409. The van der Waals surface area contributed by atoms with Crippen molar-refractivity contribution < 1.29 is 4.74 Å². The molecule has 3 aliphatic rings. The standard InChI is InChI=1S/C13H22N2OS/c1-2-16-11-7-10(8-11)14-12-15-13(9-17-12)5-3-4-6-13/h10-11H,2-9H2,1H3,(H,14,15). The van der Waals surface area contributed by atoms with Gasteiger partial charge < -0.3 is 10.1 Å². The molecule has 3 rings (SSSR count). The Morgan fingerprint density at radius 2 is 2.18 bits per heavy atom. The third kappa shape index (κ3) is 2.48.